The summed E-state index contributed by atoms with van der Waals surface area (Å²) < 4.78 is 18.2. The Kier molecular flexibility index (Phi) is 2.70. The maximum atomic E-state index is 12.8. The molecule has 4 heteroatoms. The normalized spacial score (nSPS) is 9.50. The molecule has 0 aliphatic heterocycles. The molecule has 0 radical (unpaired) electrons. The molecule has 0 fully saturated rings. The van der Waals surface area contributed by atoms with Crippen LogP contribution in [0.4, 0.5) is 10.1 Å². The molecule has 0 aliphatic carbocycles. The third-order valence-corrected chi connectivity index (χ3v) is 1.88. The van der Waals surface area contributed by atoms with Gasteiger partial charge in [0, 0.05) is 6.07 Å². The van der Waals surface area contributed by atoms with Crippen molar-refractivity contribution >= 4 is 21.6 Å². The average Bonchev–Trinajstić information content (AvgIpc) is 2.01. The molecule has 0 atom stereocenters. The summed E-state index contributed by atoms with van der Waals surface area (Å²) in [6, 6.07) is 2.63. The van der Waals surface area contributed by atoms with Crippen molar-refractivity contribution in [2.45, 2.75) is 0 Å². The fourth-order valence-corrected chi connectivity index (χ4v) is 1.13. The number of halogens is 2. The van der Waals surface area contributed by atoms with Crippen molar-refractivity contribution in [2.24, 2.45) is 0 Å². The summed E-state index contributed by atoms with van der Waals surface area (Å²) in [6.45, 7) is 3.37. The van der Waals surface area contributed by atoms with Crippen LogP contribution in [0.5, 0.6) is 5.75 Å². The number of ether oxygens (including phenoxy) is 1. The zero-order valence-corrected chi connectivity index (χ0v) is 7.77. The van der Waals surface area contributed by atoms with Crippen molar-refractivity contribution < 1.29 is 9.13 Å². The van der Waals surface area contributed by atoms with Crippen molar-refractivity contribution in [2.75, 3.05) is 5.73 Å². The zero-order chi connectivity index (χ0) is 9.14. The van der Waals surface area contributed by atoms with Gasteiger partial charge in [-0.2, -0.15) is 0 Å². The molecule has 1 rings (SSSR count). The van der Waals surface area contributed by atoms with E-state index in [1.807, 2.05) is 0 Å². The van der Waals surface area contributed by atoms with Gasteiger partial charge in [0.05, 0.1) is 16.4 Å². The highest BCUT2D eigenvalue weighted by Gasteiger charge is 2.05. The summed E-state index contributed by atoms with van der Waals surface area (Å²) >= 11 is 3.11. The first-order valence-corrected chi connectivity index (χ1v) is 3.96. The first kappa shape index (κ1) is 9.06. The summed E-state index contributed by atoms with van der Waals surface area (Å²) in [5, 5.41) is 0. The van der Waals surface area contributed by atoms with Gasteiger partial charge in [-0.25, -0.2) is 4.39 Å². The highest BCUT2D eigenvalue weighted by molar-refractivity contribution is 9.10. The Morgan fingerprint density at radius 1 is 1.58 bits per heavy atom. The molecule has 0 spiro atoms. The number of hydrogen-bond donors (Lipinski definition) is 1. The lowest BCUT2D eigenvalue weighted by Crippen LogP contribution is -1.92. The van der Waals surface area contributed by atoms with E-state index in [2.05, 4.69) is 22.5 Å². The topological polar surface area (TPSA) is 35.2 Å². The standard InChI is InChI=1S/C8H7BrFNO/c1-2-12-8-4-7(11)6(10)3-5(8)9/h2-4H,1,11H2. The fourth-order valence-electron chi connectivity index (χ4n) is 0.725. The molecule has 64 valence electrons. The predicted octanol–water partition coefficient (Wildman–Crippen LogP) is 2.69. The quantitative estimate of drug-likeness (QED) is 0.628. The summed E-state index contributed by atoms with van der Waals surface area (Å²) in [5.74, 6) is -0.0258. The van der Waals surface area contributed by atoms with Crippen LogP contribution in [0, 0.1) is 5.82 Å². The van der Waals surface area contributed by atoms with Gasteiger partial charge in [0.25, 0.3) is 0 Å². The molecule has 0 aliphatic rings. The van der Waals surface area contributed by atoms with Crippen molar-refractivity contribution in [1.29, 1.82) is 0 Å². The SMILES string of the molecule is C=COc1cc(N)c(F)cc1Br. The van der Waals surface area contributed by atoms with Gasteiger partial charge in [-0.3, -0.25) is 0 Å². The average molecular weight is 232 g/mol. The van der Waals surface area contributed by atoms with Crippen molar-refractivity contribution in [3.63, 3.8) is 0 Å². The van der Waals surface area contributed by atoms with Gasteiger partial charge >= 0.3 is 0 Å². The minimum Gasteiger partial charge on any atom is -0.464 e. The summed E-state index contributed by atoms with van der Waals surface area (Å²) in [4.78, 5) is 0. The van der Waals surface area contributed by atoms with Gasteiger partial charge < -0.3 is 10.5 Å². The van der Waals surface area contributed by atoms with Gasteiger partial charge in [-0.15, -0.1) is 0 Å². The Balaban J connectivity index is 3.13. The van der Waals surface area contributed by atoms with Crippen molar-refractivity contribution in [3.05, 3.63) is 35.3 Å². The second kappa shape index (κ2) is 3.58. The van der Waals surface area contributed by atoms with Crippen LogP contribution in [0.2, 0.25) is 0 Å². The molecule has 2 nitrogen and oxygen atoms in total. The zero-order valence-electron chi connectivity index (χ0n) is 6.18. The Labute approximate surface area is 78.0 Å². The van der Waals surface area contributed by atoms with Crippen LogP contribution in [0.25, 0.3) is 0 Å². The lowest BCUT2D eigenvalue weighted by Gasteiger charge is -2.04. The van der Waals surface area contributed by atoms with Crippen LogP contribution in [0.1, 0.15) is 0 Å². The first-order chi connectivity index (χ1) is 5.65. The van der Waals surface area contributed by atoms with E-state index in [-0.39, 0.29) is 5.69 Å². The summed E-state index contributed by atoms with van der Waals surface area (Å²) in [5.41, 5.74) is 5.36. The molecule has 0 amide bonds. The lowest BCUT2D eigenvalue weighted by atomic mass is 10.3. The molecule has 2 N–H and O–H groups in total. The molecule has 0 unspecified atom stereocenters. The molecule has 1 aromatic carbocycles. The highest BCUT2D eigenvalue weighted by Crippen LogP contribution is 2.29. The van der Waals surface area contributed by atoms with Gasteiger partial charge in [-0.05, 0) is 22.0 Å². The molecule has 12 heavy (non-hydrogen) atoms. The van der Waals surface area contributed by atoms with Crippen LogP contribution >= 0.6 is 15.9 Å². The Bertz CT molecular complexity index is 314. The minimum absolute atomic E-state index is 0.0510. The van der Waals surface area contributed by atoms with E-state index in [0.29, 0.717) is 10.2 Å². The van der Waals surface area contributed by atoms with Gasteiger partial charge in [0.2, 0.25) is 0 Å². The van der Waals surface area contributed by atoms with Crippen molar-refractivity contribution in [3.8, 4) is 5.75 Å². The van der Waals surface area contributed by atoms with Crippen LogP contribution in [-0.2, 0) is 0 Å². The fraction of sp³-hybridized carbons (Fsp3) is 0. The maximum Gasteiger partial charge on any atom is 0.147 e. The van der Waals surface area contributed by atoms with Gasteiger partial charge in [0.15, 0.2) is 0 Å². The van der Waals surface area contributed by atoms with E-state index in [1.54, 1.807) is 0 Å². The van der Waals surface area contributed by atoms with E-state index < -0.39 is 5.82 Å². The second-order valence-electron chi connectivity index (χ2n) is 2.09. The van der Waals surface area contributed by atoms with E-state index >= 15 is 0 Å². The van der Waals surface area contributed by atoms with E-state index in [4.69, 9.17) is 10.5 Å². The van der Waals surface area contributed by atoms with E-state index in [1.165, 1.54) is 18.4 Å². The smallest absolute Gasteiger partial charge is 0.147 e. The van der Waals surface area contributed by atoms with E-state index in [0.717, 1.165) is 0 Å². The second-order valence-corrected chi connectivity index (χ2v) is 2.94. The van der Waals surface area contributed by atoms with E-state index in [9.17, 15) is 4.39 Å². The lowest BCUT2D eigenvalue weighted by molar-refractivity contribution is 0.478. The molecular weight excluding hydrogens is 225 g/mol. The number of nitrogens with two attached hydrogens (primary N) is 1. The van der Waals surface area contributed by atoms with Crippen LogP contribution in [0.15, 0.2) is 29.4 Å². The largest absolute Gasteiger partial charge is 0.464 e. The van der Waals surface area contributed by atoms with Crippen LogP contribution in [-0.4, -0.2) is 0 Å². The number of anilines is 1. The number of rotatable bonds is 2. The first-order valence-electron chi connectivity index (χ1n) is 3.17. The molecule has 0 heterocycles. The third kappa shape index (κ3) is 1.76. The molecular formula is C8H7BrFNO. The number of hydrogen-bond acceptors (Lipinski definition) is 2. The molecule has 0 bridgehead atoms. The predicted molar refractivity (Wildman–Crippen MR) is 49.3 cm³/mol. The van der Waals surface area contributed by atoms with Crippen molar-refractivity contribution in [1.82, 2.24) is 0 Å². The van der Waals surface area contributed by atoms with Crippen LogP contribution in [0.3, 0.4) is 0 Å². The Morgan fingerprint density at radius 2 is 2.25 bits per heavy atom. The van der Waals surface area contributed by atoms with Gasteiger partial charge in [-0.1, -0.05) is 6.58 Å². The monoisotopic (exact) mass is 231 g/mol. The maximum absolute atomic E-state index is 12.8. The Morgan fingerprint density at radius 3 is 2.83 bits per heavy atom. The third-order valence-electron chi connectivity index (χ3n) is 1.26. The Hall–Kier alpha value is -1.03. The van der Waals surface area contributed by atoms with Crippen LogP contribution < -0.4 is 10.5 Å². The molecule has 0 saturated carbocycles. The molecule has 0 saturated heterocycles. The summed E-state index contributed by atoms with van der Waals surface area (Å²) in [6.07, 6.45) is 1.25. The number of benzene rings is 1. The number of nitrogen functional groups attached to an aromatic ring is 1. The molecule has 1 aromatic rings. The minimum atomic E-state index is -0.474. The molecule has 0 aromatic heterocycles. The van der Waals surface area contributed by atoms with Gasteiger partial charge in [0.1, 0.15) is 11.6 Å². The summed E-state index contributed by atoms with van der Waals surface area (Å²) in [7, 11) is 0. The highest BCUT2D eigenvalue weighted by atomic mass is 79.9.